The summed E-state index contributed by atoms with van der Waals surface area (Å²) in [6.45, 7) is -1.89. The minimum absolute atomic E-state index is 0.399. The lowest BCUT2D eigenvalue weighted by atomic mass is 9.97. The van der Waals surface area contributed by atoms with Crippen molar-refractivity contribution < 1.29 is 74.7 Å². The van der Waals surface area contributed by atoms with Crippen LogP contribution in [0.5, 0.6) is 0 Å². The van der Waals surface area contributed by atoms with Crippen LogP contribution in [0.3, 0.4) is 0 Å². The Bertz CT molecular complexity index is 594. The molecule has 14 atom stereocenters. The number of aliphatic hydroxyl groups excluding tert-OH is 10. The summed E-state index contributed by atoms with van der Waals surface area (Å²) >= 11 is 0. The molecule has 3 heterocycles. The molecule has 3 aliphatic rings. The van der Waals surface area contributed by atoms with Crippen LogP contribution in [0.2, 0.25) is 0 Å². The predicted octanol–water partition coefficient (Wildman–Crippen LogP) is -6.93. The van der Waals surface area contributed by atoms with E-state index in [0.717, 1.165) is 0 Å². The van der Waals surface area contributed by atoms with E-state index in [1.165, 1.54) is 0 Å². The molecule has 0 radical (unpaired) electrons. The van der Waals surface area contributed by atoms with Gasteiger partial charge in [0.05, 0.1) is 19.8 Å². The smallest absolute Gasteiger partial charge is 0.187 e. The van der Waals surface area contributed by atoms with Gasteiger partial charge in [-0.2, -0.15) is 0 Å². The van der Waals surface area contributed by atoms with Crippen molar-refractivity contribution in [3.05, 3.63) is 0 Å². The third-order valence-corrected chi connectivity index (χ3v) is 5.70. The Kier molecular flexibility index (Phi) is 8.75. The fourth-order valence-electron chi connectivity index (χ4n) is 3.76. The maximum Gasteiger partial charge on any atom is 0.187 e. The minimum Gasteiger partial charge on any atom is -0.394 e. The maximum absolute atomic E-state index is 10.7. The summed E-state index contributed by atoms with van der Waals surface area (Å²) in [5.41, 5.74) is 0. The van der Waals surface area contributed by atoms with Crippen LogP contribution in [0.1, 0.15) is 0 Å². The van der Waals surface area contributed by atoms with Gasteiger partial charge in [-0.15, -0.1) is 0 Å². The van der Waals surface area contributed by atoms with E-state index in [0.29, 0.717) is 0 Å². The van der Waals surface area contributed by atoms with Crippen LogP contribution in [-0.4, -0.2) is 157 Å². The molecule has 188 valence electrons. The van der Waals surface area contributed by atoms with Crippen LogP contribution in [-0.2, 0) is 23.7 Å². The van der Waals surface area contributed by atoms with Gasteiger partial charge >= 0.3 is 0 Å². The summed E-state index contributed by atoms with van der Waals surface area (Å²) in [7, 11) is 0. The van der Waals surface area contributed by atoms with Gasteiger partial charge in [-0.1, -0.05) is 0 Å². The highest BCUT2D eigenvalue weighted by Gasteiger charge is 2.52. The molecule has 3 saturated heterocycles. The number of aliphatic hydroxyl groups is 10. The van der Waals surface area contributed by atoms with E-state index in [1.807, 2.05) is 0 Å². The number of hydrogen-bond donors (Lipinski definition) is 10. The zero-order valence-electron chi connectivity index (χ0n) is 16.7. The Morgan fingerprint density at radius 2 is 1.19 bits per heavy atom. The van der Waals surface area contributed by atoms with Crippen molar-refractivity contribution in [3.63, 3.8) is 0 Å². The quantitative estimate of drug-likeness (QED) is 0.172. The van der Waals surface area contributed by atoms with Gasteiger partial charge in [0.25, 0.3) is 0 Å². The molecule has 3 rings (SSSR count). The van der Waals surface area contributed by atoms with Crippen molar-refractivity contribution in [2.75, 3.05) is 19.8 Å². The summed E-state index contributed by atoms with van der Waals surface area (Å²) < 4.78 is 26.3. The monoisotopic (exact) mass is 474 g/mol. The molecule has 0 saturated carbocycles. The molecular weight excluding hydrogens is 444 g/mol. The zero-order chi connectivity index (χ0) is 23.7. The molecule has 15 heteroatoms. The maximum atomic E-state index is 10.7. The van der Waals surface area contributed by atoms with Crippen LogP contribution in [0.4, 0.5) is 0 Å². The molecule has 0 aliphatic carbocycles. The van der Waals surface area contributed by atoms with Crippen molar-refractivity contribution in [1.82, 2.24) is 0 Å². The molecule has 0 aromatic carbocycles. The molecule has 0 spiro atoms. The first-order valence-corrected chi connectivity index (χ1v) is 10.00. The third kappa shape index (κ3) is 5.07. The lowest BCUT2D eigenvalue weighted by Gasteiger charge is -2.47. The molecule has 3 aliphatic heterocycles. The molecule has 3 fully saturated rings. The second-order valence-corrected chi connectivity index (χ2v) is 7.89. The number of hydrogen-bond acceptors (Lipinski definition) is 15. The topological polar surface area (TPSA) is 248 Å². The van der Waals surface area contributed by atoms with E-state index in [2.05, 4.69) is 0 Å². The van der Waals surface area contributed by atoms with Gasteiger partial charge in [-0.25, -0.2) is 0 Å². The lowest BCUT2D eigenvalue weighted by molar-refractivity contribution is -0.378. The van der Waals surface area contributed by atoms with E-state index in [4.69, 9.17) is 23.7 Å². The average Bonchev–Trinajstić information content (AvgIpc) is 2.78. The Morgan fingerprint density at radius 1 is 0.594 bits per heavy atom. The normalized spacial score (nSPS) is 52.7. The van der Waals surface area contributed by atoms with E-state index >= 15 is 0 Å². The lowest BCUT2D eigenvalue weighted by Crippen LogP contribution is -2.66. The predicted molar refractivity (Wildman–Crippen MR) is 95.2 cm³/mol. The summed E-state index contributed by atoms with van der Waals surface area (Å²) in [6, 6.07) is 0. The number of ether oxygens (including phenoxy) is 5. The first-order valence-electron chi connectivity index (χ1n) is 10.00. The van der Waals surface area contributed by atoms with E-state index in [1.54, 1.807) is 0 Å². The van der Waals surface area contributed by atoms with Crippen LogP contribution in [0.25, 0.3) is 0 Å². The Balaban J connectivity index is 1.73. The molecule has 0 bridgehead atoms. The van der Waals surface area contributed by atoms with E-state index in [9.17, 15) is 51.1 Å². The molecule has 32 heavy (non-hydrogen) atoms. The van der Waals surface area contributed by atoms with Gasteiger partial charge in [0.1, 0.15) is 67.1 Å². The second-order valence-electron chi connectivity index (χ2n) is 7.89. The van der Waals surface area contributed by atoms with Crippen molar-refractivity contribution in [2.45, 2.75) is 86.0 Å². The second kappa shape index (κ2) is 10.8. The minimum atomic E-state index is -1.88. The van der Waals surface area contributed by atoms with Crippen LogP contribution in [0.15, 0.2) is 0 Å². The van der Waals surface area contributed by atoms with Crippen LogP contribution in [0, 0.1) is 0 Å². The fraction of sp³-hybridized carbons (Fsp3) is 1.00. The summed E-state index contributed by atoms with van der Waals surface area (Å²) in [6.07, 6.45) is -22.8. The Morgan fingerprint density at radius 3 is 1.81 bits per heavy atom. The zero-order valence-corrected chi connectivity index (χ0v) is 16.7. The third-order valence-electron chi connectivity index (χ3n) is 5.70. The Labute approximate surface area is 181 Å². The molecular formula is C17H30O15. The average molecular weight is 474 g/mol. The standard InChI is InChI=1S/C17H30O15/c18-1-5-8(22)9(23)11(25)17(30-5)32-14-12(26)13(6(2-19)29-15(14)27)31-16-10(24)7(21)4(20)3-28-16/h4-27H,1-3H2/t4-,5+,6+,7-,8+,9-,10+,11+,12-,13+,14+,15+,16-,17-/m0/s1. The molecule has 0 amide bonds. The molecule has 0 unspecified atom stereocenters. The molecule has 15 nitrogen and oxygen atoms in total. The fourth-order valence-corrected chi connectivity index (χ4v) is 3.76. The van der Waals surface area contributed by atoms with Crippen LogP contribution < -0.4 is 0 Å². The largest absolute Gasteiger partial charge is 0.394 e. The van der Waals surface area contributed by atoms with E-state index < -0.39 is 106 Å². The molecule has 10 N–H and O–H groups in total. The summed E-state index contributed by atoms with van der Waals surface area (Å²) in [5, 5.41) is 99.0. The van der Waals surface area contributed by atoms with Gasteiger partial charge in [0.15, 0.2) is 18.9 Å². The van der Waals surface area contributed by atoms with Gasteiger partial charge in [-0.05, 0) is 0 Å². The Hall–Kier alpha value is -0.600. The van der Waals surface area contributed by atoms with Crippen molar-refractivity contribution in [3.8, 4) is 0 Å². The highest BCUT2D eigenvalue weighted by Crippen LogP contribution is 2.31. The van der Waals surface area contributed by atoms with E-state index in [-0.39, 0.29) is 0 Å². The highest BCUT2D eigenvalue weighted by atomic mass is 16.7. The SMILES string of the molecule is OC[C@H]1O[C@@H](O[C@@H]2[C@@H](O)[C@H](O[C@@H]3OC[C@H](O)[C@H](O)[C@H]3O)[C@@H](CO)O[C@H]2O)[C@H](O)[C@@H](O)[C@@H]1O. The van der Waals surface area contributed by atoms with Gasteiger partial charge in [-0.3, -0.25) is 0 Å². The summed E-state index contributed by atoms with van der Waals surface area (Å²) in [4.78, 5) is 0. The highest BCUT2D eigenvalue weighted by molar-refractivity contribution is 4.95. The van der Waals surface area contributed by atoms with Gasteiger partial charge in [0, 0.05) is 0 Å². The molecule has 0 aromatic rings. The first kappa shape index (κ1) is 26.0. The van der Waals surface area contributed by atoms with Gasteiger partial charge in [0.2, 0.25) is 0 Å². The van der Waals surface area contributed by atoms with Crippen LogP contribution >= 0.6 is 0 Å². The molecule has 0 aromatic heterocycles. The summed E-state index contributed by atoms with van der Waals surface area (Å²) in [5.74, 6) is 0. The number of rotatable bonds is 6. The van der Waals surface area contributed by atoms with Gasteiger partial charge < -0.3 is 74.7 Å². The van der Waals surface area contributed by atoms with Crippen molar-refractivity contribution in [1.29, 1.82) is 0 Å². The van der Waals surface area contributed by atoms with Crippen molar-refractivity contribution >= 4 is 0 Å². The first-order chi connectivity index (χ1) is 15.1. The van der Waals surface area contributed by atoms with Crippen molar-refractivity contribution in [2.24, 2.45) is 0 Å².